The van der Waals surface area contributed by atoms with Crippen molar-refractivity contribution in [2.24, 2.45) is 11.8 Å². The molecule has 0 radical (unpaired) electrons. The van der Waals surface area contributed by atoms with Gasteiger partial charge < -0.3 is 20.9 Å². The monoisotopic (exact) mass is 421 g/mol. The molecule has 0 saturated heterocycles. The number of esters is 1. The maximum absolute atomic E-state index is 13.0. The van der Waals surface area contributed by atoms with Crippen molar-refractivity contribution in [2.45, 2.75) is 64.2 Å². The lowest BCUT2D eigenvalue weighted by Crippen LogP contribution is -2.47. The van der Waals surface area contributed by atoms with Gasteiger partial charge in [0, 0.05) is 5.69 Å². The van der Waals surface area contributed by atoms with E-state index in [9.17, 15) is 19.5 Å². The van der Waals surface area contributed by atoms with E-state index in [0.717, 1.165) is 25.7 Å². The van der Waals surface area contributed by atoms with Crippen LogP contribution in [0.25, 0.3) is 0 Å². The number of nitrogen functional groups attached to an aromatic ring is 1. The van der Waals surface area contributed by atoms with Crippen molar-refractivity contribution in [1.82, 2.24) is 10.8 Å². The van der Waals surface area contributed by atoms with Gasteiger partial charge in [0.05, 0.1) is 5.92 Å². The van der Waals surface area contributed by atoms with Gasteiger partial charge in [-0.2, -0.15) is 0 Å². The van der Waals surface area contributed by atoms with Crippen molar-refractivity contribution in [2.75, 3.05) is 5.73 Å². The fourth-order valence-corrected chi connectivity index (χ4v) is 3.64. The van der Waals surface area contributed by atoms with Gasteiger partial charge in [-0.25, -0.2) is 10.3 Å². The van der Waals surface area contributed by atoms with E-state index in [1.54, 1.807) is 24.3 Å². The van der Waals surface area contributed by atoms with Crippen LogP contribution in [0.1, 0.15) is 57.6 Å². The summed E-state index contributed by atoms with van der Waals surface area (Å²) >= 11 is 0. The van der Waals surface area contributed by atoms with Gasteiger partial charge in [0.25, 0.3) is 5.91 Å². The number of carbonyl (C=O) groups excluding carboxylic acids is 3. The number of hydrogen-bond acceptors (Lipinski definition) is 7. The number of hydrogen-bond donors (Lipinski definition) is 5. The highest BCUT2D eigenvalue weighted by molar-refractivity contribution is 5.91. The van der Waals surface area contributed by atoms with E-state index in [1.807, 2.05) is 13.8 Å². The smallest absolute Gasteiger partial charge is 0.333 e. The number of aliphatic hydroxyl groups excluding tert-OH is 1. The Morgan fingerprint density at radius 3 is 2.43 bits per heavy atom. The van der Waals surface area contributed by atoms with E-state index < -0.39 is 35.8 Å². The van der Waals surface area contributed by atoms with E-state index in [-0.39, 0.29) is 18.4 Å². The summed E-state index contributed by atoms with van der Waals surface area (Å²) in [5.41, 5.74) is 8.05. The molecule has 166 valence electrons. The molecule has 1 fully saturated rings. The predicted octanol–water partition coefficient (Wildman–Crippen LogP) is 1.44. The number of rotatable bonds is 9. The van der Waals surface area contributed by atoms with Crippen molar-refractivity contribution in [3.05, 3.63) is 29.8 Å². The molecule has 2 amide bonds. The summed E-state index contributed by atoms with van der Waals surface area (Å²) in [7, 11) is 0. The third-order valence-electron chi connectivity index (χ3n) is 5.17. The predicted molar refractivity (Wildman–Crippen MR) is 109 cm³/mol. The van der Waals surface area contributed by atoms with E-state index in [4.69, 9.17) is 15.7 Å². The Morgan fingerprint density at radius 1 is 1.20 bits per heavy atom. The third-order valence-corrected chi connectivity index (χ3v) is 5.17. The Kier molecular flexibility index (Phi) is 8.61. The molecule has 2 rings (SSSR count). The van der Waals surface area contributed by atoms with Crippen LogP contribution >= 0.6 is 0 Å². The number of anilines is 1. The first-order valence-electron chi connectivity index (χ1n) is 10.2. The zero-order valence-corrected chi connectivity index (χ0v) is 17.3. The molecule has 1 aliphatic carbocycles. The number of amides is 2. The number of carbonyl (C=O) groups is 3. The average molecular weight is 421 g/mol. The molecule has 0 heterocycles. The topological polar surface area (TPSA) is 151 Å². The average Bonchev–Trinajstić information content (AvgIpc) is 3.21. The van der Waals surface area contributed by atoms with Gasteiger partial charge >= 0.3 is 5.97 Å². The second-order valence-electron chi connectivity index (χ2n) is 8.11. The molecule has 1 aromatic carbocycles. The molecule has 9 nitrogen and oxygen atoms in total. The molecule has 0 aromatic heterocycles. The van der Waals surface area contributed by atoms with Crippen molar-refractivity contribution in [1.29, 1.82) is 0 Å². The van der Waals surface area contributed by atoms with Crippen LogP contribution in [-0.2, 0) is 19.1 Å². The summed E-state index contributed by atoms with van der Waals surface area (Å²) in [5.74, 6) is -3.61. The van der Waals surface area contributed by atoms with Gasteiger partial charge in [-0.3, -0.25) is 14.8 Å². The van der Waals surface area contributed by atoms with Crippen LogP contribution < -0.4 is 16.5 Å². The van der Waals surface area contributed by atoms with Gasteiger partial charge in [-0.15, -0.1) is 0 Å². The van der Waals surface area contributed by atoms with Crippen LogP contribution in [0.3, 0.4) is 0 Å². The molecule has 0 aliphatic heterocycles. The lowest BCUT2D eigenvalue weighted by atomic mass is 9.90. The molecule has 6 N–H and O–H groups in total. The van der Waals surface area contributed by atoms with Crippen LogP contribution in [0.4, 0.5) is 5.69 Å². The zero-order chi connectivity index (χ0) is 22.3. The van der Waals surface area contributed by atoms with Crippen LogP contribution in [0, 0.1) is 11.8 Å². The van der Waals surface area contributed by atoms with Gasteiger partial charge in [-0.1, -0.05) is 26.0 Å². The van der Waals surface area contributed by atoms with E-state index in [0.29, 0.717) is 11.3 Å². The molecule has 1 aromatic rings. The molecular formula is C21H31N3O6. The molecule has 30 heavy (non-hydrogen) atoms. The number of ether oxygens (including phenoxy) is 1. The van der Waals surface area contributed by atoms with Crippen molar-refractivity contribution >= 4 is 23.5 Å². The van der Waals surface area contributed by atoms with E-state index >= 15 is 0 Å². The summed E-state index contributed by atoms with van der Waals surface area (Å²) < 4.78 is 5.58. The Labute approximate surface area is 175 Å². The minimum atomic E-state index is -1.77. The second-order valence-corrected chi connectivity index (χ2v) is 8.11. The molecule has 3 atom stereocenters. The molecule has 1 unspecified atom stereocenters. The maximum Gasteiger partial charge on any atom is 0.333 e. The Balaban J connectivity index is 2.26. The zero-order valence-electron chi connectivity index (χ0n) is 17.3. The Hall–Kier alpha value is -2.65. The minimum Gasteiger partial charge on any atom is -0.461 e. The van der Waals surface area contributed by atoms with Crippen LogP contribution in [0.15, 0.2) is 24.3 Å². The van der Waals surface area contributed by atoms with Gasteiger partial charge in [0.1, 0.15) is 12.2 Å². The first-order chi connectivity index (χ1) is 14.2. The number of nitrogens with one attached hydrogen (secondary N) is 2. The highest BCUT2D eigenvalue weighted by Crippen LogP contribution is 2.26. The van der Waals surface area contributed by atoms with Gasteiger partial charge in [-0.05, 0) is 55.7 Å². The summed E-state index contributed by atoms with van der Waals surface area (Å²) in [6.07, 6.45) is 1.70. The first-order valence-corrected chi connectivity index (χ1v) is 10.2. The van der Waals surface area contributed by atoms with E-state index in [2.05, 4.69) is 5.32 Å². The van der Waals surface area contributed by atoms with Gasteiger partial charge in [0.15, 0.2) is 6.04 Å². The van der Waals surface area contributed by atoms with Crippen LogP contribution in [-0.4, -0.2) is 40.3 Å². The van der Waals surface area contributed by atoms with Crippen molar-refractivity contribution < 1.29 is 29.4 Å². The number of nitrogens with two attached hydrogens (primary N) is 1. The Morgan fingerprint density at radius 2 is 1.87 bits per heavy atom. The Bertz CT molecular complexity index is 748. The minimum absolute atomic E-state index is 0.0295. The van der Waals surface area contributed by atoms with Gasteiger partial charge in [0.2, 0.25) is 5.91 Å². The highest BCUT2D eigenvalue weighted by atomic mass is 16.5. The molecule has 9 heteroatoms. The number of hydroxylamine groups is 1. The SMILES string of the molecule is CC(C)C[C@@H](C(=O)NC(C(=O)OC1CCCC1)c1cccc(N)c1)[C@H](O)C(=O)NO. The first kappa shape index (κ1) is 23.6. The lowest BCUT2D eigenvalue weighted by Gasteiger charge is -2.26. The van der Waals surface area contributed by atoms with E-state index in [1.165, 1.54) is 5.48 Å². The third kappa shape index (κ3) is 6.43. The molecular weight excluding hydrogens is 390 g/mol. The second kappa shape index (κ2) is 10.9. The lowest BCUT2D eigenvalue weighted by molar-refractivity contribution is -0.154. The van der Waals surface area contributed by atoms with Crippen molar-refractivity contribution in [3.8, 4) is 0 Å². The maximum atomic E-state index is 13.0. The summed E-state index contributed by atoms with van der Waals surface area (Å²) in [4.78, 5) is 37.6. The summed E-state index contributed by atoms with van der Waals surface area (Å²) in [6.45, 7) is 3.65. The highest BCUT2D eigenvalue weighted by Gasteiger charge is 2.36. The standard InChI is InChI=1S/C21H31N3O6/c1-12(2)10-16(18(25)20(27)24-29)19(26)23-17(13-6-5-7-14(22)11-13)21(28)30-15-8-3-4-9-15/h5-7,11-12,15-18,25,29H,3-4,8-10,22H2,1-2H3,(H,23,26)(H,24,27)/t16-,17?,18+/m1/s1. The van der Waals surface area contributed by atoms with Crippen molar-refractivity contribution in [3.63, 3.8) is 0 Å². The fourth-order valence-electron chi connectivity index (χ4n) is 3.64. The normalized spacial score (nSPS) is 17.2. The van der Waals surface area contributed by atoms with Crippen LogP contribution in [0.2, 0.25) is 0 Å². The molecule has 0 spiro atoms. The molecule has 1 saturated carbocycles. The number of aliphatic hydroxyl groups is 1. The quantitative estimate of drug-likeness (QED) is 0.175. The molecule has 1 aliphatic rings. The summed E-state index contributed by atoms with van der Waals surface area (Å²) in [5, 5.41) is 21.7. The largest absolute Gasteiger partial charge is 0.461 e. The summed E-state index contributed by atoms with van der Waals surface area (Å²) in [6, 6.07) is 5.38. The number of benzene rings is 1. The fraction of sp³-hybridized carbons (Fsp3) is 0.571. The van der Waals surface area contributed by atoms with Crippen LogP contribution in [0.5, 0.6) is 0 Å². The molecule has 0 bridgehead atoms.